The zero-order valence-corrected chi connectivity index (χ0v) is 16.8. The SMILES string of the molecule is O=[N+](C(F)(F)C(F)(F)OC(F)(F)C(F)(F)I)C(F)(F)C(F)(F)OC(F)(F)C(F)(F)I. The van der Waals surface area contributed by atoms with Gasteiger partial charge in [-0.1, -0.05) is 0 Å². The third-order valence-electron chi connectivity index (χ3n) is 2.38. The quantitative estimate of drug-likeness (QED) is 0.0864. The number of nitroso groups, excluding NO2 is 1. The first-order valence-corrected chi connectivity index (χ1v) is 8.01. The Bertz CT molecular complexity index is 602. The minimum absolute atomic E-state index is 0.666. The second-order valence-electron chi connectivity index (χ2n) is 4.64. The molecule has 0 bridgehead atoms. The van der Waals surface area contributed by atoms with Gasteiger partial charge in [0, 0.05) is 50.1 Å². The summed E-state index contributed by atoms with van der Waals surface area (Å²) in [6, 6.07) is -15.2. The number of rotatable bonds is 10. The van der Waals surface area contributed by atoms with E-state index >= 15 is 0 Å². The largest absolute Gasteiger partial charge is 0.601 e. The van der Waals surface area contributed by atoms with Gasteiger partial charge in [0.25, 0.3) is 0 Å². The first-order valence-electron chi connectivity index (χ1n) is 5.85. The van der Waals surface area contributed by atoms with Crippen molar-refractivity contribution in [1.29, 1.82) is 0 Å². The highest BCUT2D eigenvalue weighted by atomic mass is 127. The Labute approximate surface area is 179 Å². The summed E-state index contributed by atoms with van der Waals surface area (Å²) < 4.78 is 192. The van der Waals surface area contributed by atoms with Crippen LogP contribution in [-0.2, 0) is 9.47 Å². The van der Waals surface area contributed by atoms with Gasteiger partial charge >= 0.3 is 44.4 Å². The smallest absolute Gasteiger partial charge is 0.238 e. The summed E-state index contributed by atoms with van der Waals surface area (Å²) in [5, 5.41) is 0. The van der Waals surface area contributed by atoms with Gasteiger partial charge in [-0.25, -0.2) is 9.47 Å². The van der Waals surface area contributed by atoms with Crippen molar-refractivity contribution in [2.24, 2.45) is 0 Å². The molecule has 0 atom stereocenters. The second kappa shape index (κ2) is 8.02. The average molecular weight is 716 g/mol. The summed E-state index contributed by atoms with van der Waals surface area (Å²) >= 11 is -1.33. The minimum Gasteiger partial charge on any atom is -0.238 e. The number of ether oxygens (including phenoxy) is 2. The molecule has 0 aliphatic rings. The van der Waals surface area contributed by atoms with Crippen LogP contribution in [0.15, 0.2) is 0 Å². The molecule has 0 aliphatic heterocycles. The summed E-state index contributed by atoms with van der Waals surface area (Å²) in [6.45, 7) is 0. The highest BCUT2D eigenvalue weighted by Gasteiger charge is 2.88. The van der Waals surface area contributed by atoms with Crippen molar-refractivity contribution < 1.29 is 84.5 Å². The number of hydrogen-bond donors (Lipinski definition) is 0. The van der Waals surface area contributed by atoms with Gasteiger partial charge in [0.1, 0.15) is 0 Å². The maximum absolute atomic E-state index is 13.2. The highest BCUT2D eigenvalue weighted by Crippen LogP contribution is 2.52. The van der Waals surface area contributed by atoms with E-state index in [0.29, 0.717) is 0 Å². The molecule has 0 aromatic carbocycles. The van der Waals surface area contributed by atoms with E-state index in [1.807, 2.05) is 0 Å². The van der Waals surface area contributed by atoms with Crippen molar-refractivity contribution in [3.05, 3.63) is 4.91 Å². The molecule has 22 heteroatoms. The van der Waals surface area contributed by atoms with Crippen LogP contribution in [0, 0.1) is 4.91 Å². The summed E-state index contributed by atoms with van der Waals surface area (Å²) in [4.78, 5) is 10.7. The van der Waals surface area contributed by atoms with Crippen LogP contribution in [0.5, 0.6) is 0 Å². The second-order valence-corrected chi connectivity index (χ2v) is 7.35. The molecule has 0 N–H and O–H groups in total. The molecule has 0 rings (SSSR count). The predicted molar refractivity (Wildman–Crippen MR) is 73.4 cm³/mol. The minimum atomic E-state index is -7.61. The van der Waals surface area contributed by atoms with E-state index < -0.39 is 94.3 Å². The van der Waals surface area contributed by atoms with Crippen molar-refractivity contribution in [2.45, 2.75) is 44.4 Å². The maximum atomic E-state index is 13.2. The Balaban J connectivity index is 6.10. The first-order chi connectivity index (χ1) is 12.6. The molecule has 30 heavy (non-hydrogen) atoms. The molecular formula is C8F16I2NO3+. The van der Waals surface area contributed by atoms with E-state index in [-0.39, 0.29) is 0 Å². The van der Waals surface area contributed by atoms with Gasteiger partial charge in [-0.2, -0.15) is 52.7 Å². The molecule has 4 nitrogen and oxygen atoms in total. The highest BCUT2D eigenvalue weighted by molar-refractivity contribution is 14.1. The fourth-order valence-electron chi connectivity index (χ4n) is 0.973. The predicted octanol–water partition coefficient (Wildman–Crippen LogP) is 6.41. The Kier molecular flexibility index (Phi) is 7.98. The van der Waals surface area contributed by atoms with Gasteiger partial charge in [-0.15, -0.1) is 17.6 Å². The molecule has 0 aliphatic carbocycles. The van der Waals surface area contributed by atoms with E-state index in [4.69, 9.17) is 0 Å². The Morgan fingerprint density at radius 2 is 0.667 bits per heavy atom. The van der Waals surface area contributed by atoms with Crippen molar-refractivity contribution in [2.75, 3.05) is 0 Å². The molecule has 0 aromatic heterocycles. The van der Waals surface area contributed by atoms with E-state index in [2.05, 4.69) is 0 Å². The monoisotopic (exact) mass is 716 g/mol. The molecule has 0 saturated carbocycles. The summed E-state index contributed by atoms with van der Waals surface area (Å²) in [5.74, 6) is 0. The van der Waals surface area contributed by atoms with Crippen LogP contribution in [-0.4, -0.2) is 49.1 Å². The molecular weight excluding hydrogens is 716 g/mol. The maximum Gasteiger partial charge on any atom is 0.601 e. The van der Waals surface area contributed by atoms with Crippen LogP contribution in [0.2, 0.25) is 0 Å². The van der Waals surface area contributed by atoms with Gasteiger partial charge in [0.15, 0.2) is 4.76 Å². The van der Waals surface area contributed by atoms with Gasteiger partial charge in [-0.05, 0) is 0 Å². The molecule has 0 fully saturated rings. The lowest BCUT2D eigenvalue weighted by molar-refractivity contribution is -0.846. The van der Waals surface area contributed by atoms with Gasteiger partial charge in [0.05, 0.1) is 0 Å². The van der Waals surface area contributed by atoms with Gasteiger partial charge in [0.2, 0.25) is 0 Å². The molecule has 0 radical (unpaired) electrons. The third-order valence-corrected chi connectivity index (χ3v) is 3.64. The first kappa shape index (κ1) is 29.9. The Hall–Kier alpha value is -0.140. The molecule has 0 saturated heterocycles. The van der Waals surface area contributed by atoms with Crippen LogP contribution in [0.4, 0.5) is 70.2 Å². The summed E-state index contributed by atoms with van der Waals surface area (Å²) in [7, 11) is 0. The molecule has 0 unspecified atom stereocenters. The molecule has 0 amide bonds. The van der Waals surface area contributed by atoms with E-state index in [1.54, 1.807) is 9.47 Å². The fourth-order valence-corrected chi connectivity index (χ4v) is 1.19. The lowest BCUT2D eigenvalue weighted by atomic mass is 10.4. The van der Waals surface area contributed by atoms with Crippen LogP contribution in [0.1, 0.15) is 0 Å². The van der Waals surface area contributed by atoms with Crippen molar-refractivity contribution in [3.8, 4) is 0 Å². The Morgan fingerprint density at radius 1 is 0.467 bits per heavy atom. The molecule has 0 spiro atoms. The third kappa shape index (κ3) is 5.61. The number of halogens is 18. The number of nitrogens with zero attached hydrogens (tertiary/aromatic N) is 1. The summed E-state index contributed by atoms with van der Waals surface area (Å²) in [5.41, 5.74) is 0. The topological polar surface area (TPSA) is 38.5 Å². The normalized spacial score (nSPS) is 16.1. The number of alkyl halides is 18. The van der Waals surface area contributed by atoms with Crippen LogP contribution < -0.4 is 0 Å². The zero-order chi connectivity index (χ0) is 25.0. The van der Waals surface area contributed by atoms with Crippen molar-refractivity contribution in [3.63, 3.8) is 0 Å². The zero-order valence-electron chi connectivity index (χ0n) is 12.5. The van der Waals surface area contributed by atoms with Gasteiger partial charge < -0.3 is 0 Å². The average Bonchev–Trinajstić information content (AvgIpc) is 2.41. The number of hydrogen-bond acceptors (Lipinski definition) is 3. The van der Waals surface area contributed by atoms with Crippen LogP contribution in [0.3, 0.4) is 0 Å². The van der Waals surface area contributed by atoms with E-state index in [9.17, 15) is 75.2 Å². The van der Waals surface area contributed by atoms with Crippen molar-refractivity contribution in [1.82, 2.24) is 0 Å². The van der Waals surface area contributed by atoms with Gasteiger partial charge in [-0.3, -0.25) is 0 Å². The van der Waals surface area contributed by atoms with Crippen LogP contribution in [0.25, 0.3) is 0 Å². The standard InChI is InChI=1S/C8F16I2NO3/c9-1(10,25)5(17,18)29-7(21,22)3(13,14)27(28)4(15,16)8(23,24)30-6(19,20)2(11,12)26/q+1. The van der Waals surface area contributed by atoms with Crippen molar-refractivity contribution >= 4 is 45.2 Å². The Morgan fingerprint density at radius 3 is 0.833 bits per heavy atom. The molecule has 0 aromatic rings. The summed E-state index contributed by atoms with van der Waals surface area (Å²) in [6.07, 6.45) is -28.1. The van der Waals surface area contributed by atoms with E-state index in [1.165, 1.54) is 0 Å². The molecule has 180 valence electrons. The van der Waals surface area contributed by atoms with Crippen LogP contribution >= 0.6 is 45.2 Å². The lowest BCUT2D eigenvalue weighted by Gasteiger charge is -2.29. The lowest BCUT2D eigenvalue weighted by Crippen LogP contribution is -2.64. The molecule has 0 heterocycles. The fraction of sp³-hybridized carbons (Fsp3) is 1.00. The van der Waals surface area contributed by atoms with E-state index in [0.717, 1.165) is 0 Å².